The van der Waals surface area contributed by atoms with Gasteiger partial charge in [-0.05, 0) is 43.3 Å². The summed E-state index contributed by atoms with van der Waals surface area (Å²) in [4.78, 5) is 34.8. The molecular formula is C29H27N3O4S. The number of hydrogen-bond acceptors (Lipinski definition) is 6. The first-order valence-electron chi connectivity index (χ1n) is 12.2. The number of amides is 1. The van der Waals surface area contributed by atoms with Gasteiger partial charge in [-0.25, -0.2) is 9.79 Å². The van der Waals surface area contributed by atoms with Crippen LogP contribution in [0.1, 0.15) is 38.8 Å². The van der Waals surface area contributed by atoms with Crippen LogP contribution >= 0.6 is 11.8 Å². The van der Waals surface area contributed by atoms with Crippen molar-refractivity contribution in [3.63, 3.8) is 0 Å². The van der Waals surface area contributed by atoms with E-state index in [-0.39, 0.29) is 18.4 Å². The SMILES string of the molecule is CCOC(=O)c1ccc2c(C(=Nc3ccc(C(=O)N4CCSCC4)cc3)c3ccccc3)c(O)[nH]c2c1. The number of hydrogen-bond donors (Lipinski definition) is 2. The molecule has 2 N–H and O–H groups in total. The molecule has 0 unspecified atom stereocenters. The third kappa shape index (κ3) is 5.24. The molecular weight excluding hydrogens is 486 g/mol. The summed E-state index contributed by atoms with van der Waals surface area (Å²) in [5.41, 5.74) is 4.20. The Balaban J connectivity index is 1.54. The highest BCUT2D eigenvalue weighted by atomic mass is 32.2. The number of aromatic amines is 1. The van der Waals surface area contributed by atoms with Crippen LogP contribution in [0.5, 0.6) is 5.88 Å². The second kappa shape index (κ2) is 10.9. The first-order chi connectivity index (χ1) is 18.0. The van der Waals surface area contributed by atoms with Gasteiger partial charge in [0, 0.05) is 46.6 Å². The molecule has 0 bridgehead atoms. The van der Waals surface area contributed by atoms with Gasteiger partial charge in [0.25, 0.3) is 5.91 Å². The van der Waals surface area contributed by atoms with E-state index in [4.69, 9.17) is 9.73 Å². The summed E-state index contributed by atoms with van der Waals surface area (Å²) in [6.45, 7) is 3.57. The minimum Gasteiger partial charge on any atom is -0.494 e. The van der Waals surface area contributed by atoms with Crippen LogP contribution < -0.4 is 0 Å². The number of aliphatic imine (C=N–C) groups is 1. The van der Waals surface area contributed by atoms with Crippen LogP contribution in [0.2, 0.25) is 0 Å². The van der Waals surface area contributed by atoms with Gasteiger partial charge in [0.1, 0.15) is 0 Å². The van der Waals surface area contributed by atoms with Gasteiger partial charge in [-0.15, -0.1) is 0 Å². The Labute approximate surface area is 219 Å². The van der Waals surface area contributed by atoms with Crippen LogP contribution in [0.25, 0.3) is 10.9 Å². The summed E-state index contributed by atoms with van der Waals surface area (Å²) >= 11 is 1.87. The Morgan fingerprint density at radius 3 is 2.38 bits per heavy atom. The molecule has 0 atom stereocenters. The standard InChI is InChI=1S/C29H27N3O4S/c1-2-36-29(35)21-10-13-23-24(18-21)31-27(33)25(23)26(19-6-4-3-5-7-19)30-22-11-8-20(9-12-22)28(34)32-14-16-37-17-15-32/h3-13,18,31,33H,2,14-17H2,1H3. The second-order valence-electron chi connectivity index (χ2n) is 8.61. The molecule has 37 heavy (non-hydrogen) atoms. The smallest absolute Gasteiger partial charge is 0.338 e. The van der Waals surface area contributed by atoms with Crippen molar-refractivity contribution in [1.82, 2.24) is 9.88 Å². The fraction of sp³-hybridized carbons (Fsp3) is 0.207. The quantitative estimate of drug-likeness (QED) is 0.266. The maximum Gasteiger partial charge on any atom is 0.338 e. The molecule has 0 saturated carbocycles. The molecule has 1 aromatic heterocycles. The van der Waals surface area contributed by atoms with E-state index in [1.54, 1.807) is 37.3 Å². The van der Waals surface area contributed by atoms with E-state index < -0.39 is 5.97 Å². The Morgan fingerprint density at radius 2 is 1.68 bits per heavy atom. The van der Waals surface area contributed by atoms with E-state index in [1.807, 2.05) is 59.1 Å². The molecule has 0 aliphatic carbocycles. The lowest BCUT2D eigenvalue weighted by atomic mass is 10.00. The molecule has 5 rings (SSSR count). The topological polar surface area (TPSA) is 95.0 Å². The van der Waals surface area contributed by atoms with E-state index in [2.05, 4.69) is 4.98 Å². The molecule has 0 spiro atoms. The van der Waals surface area contributed by atoms with Gasteiger partial charge >= 0.3 is 5.97 Å². The molecule has 7 nitrogen and oxygen atoms in total. The van der Waals surface area contributed by atoms with Gasteiger partial charge in [-0.1, -0.05) is 36.4 Å². The van der Waals surface area contributed by atoms with Crippen molar-refractivity contribution in [2.24, 2.45) is 4.99 Å². The maximum atomic E-state index is 12.9. The lowest BCUT2D eigenvalue weighted by molar-refractivity contribution is 0.0526. The Kier molecular flexibility index (Phi) is 7.28. The summed E-state index contributed by atoms with van der Waals surface area (Å²) in [6.07, 6.45) is 0. The third-order valence-electron chi connectivity index (χ3n) is 6.23. The number of aromatic hydroxyl groups is 1. The number of H-pyrrole nitrogens is 1. The largest absolute Gasteiger partial charge is 0.494 e. The van der Waals surface area contributed by atoms with Crippen molar-refractivity contribution in [3.05, 3.63) is 95.1 Å². The summed E-state index contributed by atoms with van der Waals surface area (Å²) in [7, 11) is 0. The highest BCUT2D eigenvalue weighted by Crippen LogP contribution is 2.32. The predicted molar refractivity (Wildman–Crippen MR) is 147 cm³/mol. The summed E-state index contributed by atoms with van der Waals surface area (Å²) < 4.78 is 5.11. The zero-order chi connectivity index (χ0) is 25.8. The van der Waals surface area contributed by atoms with Crippen LogP contribution in [-0.2, 0) is 4.74 Å². The number of thioether (sulfide) groups is 1. The molecule has 0 radical (unpaired) electrons. The Hall–Kier alpha value is -4.04. The minimum atomic E-state index is -0.421. The van der Waals surface area contributed by atoms with Crippen molar-refractivity contribution in [3.8, 4) is 5.88 Å². The highest BCUT2D eigenvalue weighted by Gasteiger charge is 2.21. The molecule has 1 aliphatic heterocycles. The molecule has 2 heterocycles. The number of carbonyl (C=O) groups excluding carboxylic acids is 2. The minimum absolute atomic E-state index is 0.0331. The number of rotatable bonds is 6. The number of nitrogens with one attached hydrogen (secondary N) is 1. The number of ether oxygens (including phenoxy) is 1. The van der Waals surface area contributed by atoms with Crippen molar-refractivity contribution >= 4 is 45.9 Å². The van der Waals surface area contributed by atoms with E-state index in [9.17, 15) is 14.7 Å². The second-order valence-corrected chi connectivity index (χ2v) is 9.83. The fourth-order valence-corrected chi connectivity index (χ4v) is 5.28. The molecule has 1 aliphatic rings. The maximum absolute atomic E-state index is 12.9. The van der Waals surface area contributed by atoms with Gasteiger partial charge in [-0.2, -0.15) is 11.8 Å². The number of carbonyl (C=O) groups is 2. The lowest BCUT2D eigenvalue weighted by Gasteiger charge is -2.26. The van der Waals surface area contributed by atoms with Crippen molar-refractivity contribution < 1.29 is 19.4 Å². The first kappa shape index (κ1) is 24.6. The summed E-state index contributed by atoms with van der Waals surface area (Å²) in [5, 5.41) is 11.7. The monoisotopic (exact) mass is 513 g/mol. The van der Waals surface area contributed by atoms with Crippen LogP contribution in [-0.4, -0.2) is 63.8 Å². The first-order valence-corrected chi connectivity index (χ1v) is 13.3. The van der Waals surface area contributed by atoms with E-state index in [0.717, 1.165) is 35.5 Å². The average Bonchev–Trinajstić information content (AvgIpc) is 3.27. The van der Waals surface area contributed by atoms with Crippen LogP contribution in [0.4, 0.5) is 5.69 Å². The van der Waals surface area contributed by atoms with Gasteiger partial charge in [0.2, 0.25) is 0 Å². The van der Waals surface area contributed by atoms with Gasteiger partial charge in [0.05, 0.1) is 29.1 Å². The normalized spacial score (nSPS) is 14.1. The molecule has 1 saturated heterocycles. The lowest BCUT2D eigenvalue weighted by Crippen LogP contribution is -2.37. The fourth-order valence-electron chi connectivity index (χ4n) is 4.38. The van der Waals surface area contributed by atoms with Gasteiger partial charge < -0.3 is 19.7 Å². The number of esters is 1. The predicted octanol–water partition coefficient (Wildman–Crippen LogP) is 5.41. The highest BCUT2D eigenvalue weighted by molar-refractivity contribution is 7.99. The number of benzene rings is 3. The summed E-state index contributed by atoms with van der Waals surface area (Å²) in [5.74, 6) is 1.49. The van der Waals surface area contributed by atoms with Gasteiger partial charge in [-0.3, -0.25) is 4.79 Å². The average molecular weight is 514 g/mol. The van der Waals surface area contributed by atoms with E-state index >= 15 is 0 Å². The number of fused-ring (bicyclic) bond motifs is 1. The van der Waals surface area contributed by atoms with Crippen LogP contribution in [0.3, 0.4) is 0 Å². The molecule has 8 heteroatoms. The Bertz CT molecular complexity index is 1460. The zero-order valence-electron chi connectivity index (χ0n) is 20.4. The van der Waals surface area contributed by atoms with Crippen molar-refractivity contribution in [2.45, 2.75) is 6.92 Å². The van der Waals surface area contributed by atoms with E-state index in [0.29, 0.717) is 33.6 Å². The molecule has 188 valence electrons. The molecule has 1 amide bonds. The van der Waals surface area contributed by atoms with Crippen molar-refractivity contribution in [2.75, 3.05) is 31.2 Å². The van der Waals surface area contributed by atoms with Crippen molar-refractivity contribution in [1.29, 1.82) is 0 Å². The molecule has 1 fully saturated rings. The zero-order valence-corrected chi connectivity index (χ0v) is 21.3. The molecule has 3 aromatic carbocycles. The number of aromatic nitrogens is 1. The number of nitrogens with zero attached hydrogens (tertiary/aromatic N) is 2. The van der Waals surface area contributed by atoms with Crippen LogP contribution in [0, 0.1) is 0 Å². The third-order valence-corrected chi connectivity index (χ3v) is 7.17. The molecule has 4 aromatic rings. The Morgan fingerprint density at radius 1 is 0.973 bits per heavy atom. The van der Waals surface area contributed by atoms with Crippen LogP contribution in [0.15, 0.2) is 77.8 Å². The summed E-state index contributed by atoms with van der Waals surface area (Å²) in [6, 6.07) is 22.0. The van der Waals surface area contributed by atoms with E-state index in [1.165, 1.54) is 0 Å². The van der Waals surface area contributed by atoms with Gasteiger partial charge in [0.15, 0.2) is 5.88 Å².